The Morgan fingerprint density at radius 2 is 1.31 bits per heavy atom. The van der Waals surface area contributed by atoms with Gasteiger partial charge in [0.2, 0.25) is 0 Å². The Bertz CT molecular complexity index is 3540. The highest BCUT2D eigenvalue weighted by Crippen LogP contribution is 2.45. The Labute approximate surface area is 349 Å². The fourth-order valence-corrected chi connectivity index (χ4v) is 8.75. The van der Waals surface area contributed by atoms with Gasteiger partial charge in [-0.25, -0.2) is 19.5 Å². The molecule has 10 rings (SSSR count). The van der Waals surface area contributed by atoms with Crippen molar-refractivity contribution in [2.24, 2.45) is 7.05 Å². The van der Waals surface area contributed by atoms with E-state index >= 15 is 0 Å². The molecule has 0 radical (unpaired) electrons. The Kier molecular flexibility index (Phi) is 6.48. The van der Waals surface area contributed by atoms with Crippen molar-refractivity contribution >= 4 is 54.5 Å². The van der Waals surface area contributed by atoms with Gasteiger partial charge < -0.3 is 4.42 Å². The number of benzene rings is 7. The lowest BCUT2D eigenvalue weighted by molar-refractivity contribution is -0.633. The minimum Gasteiger partial charge on any atom is -0.455 e. The van der Waals surface area contributed by atoms with Crippen molar-refractivity contribution in [3.8, 4) is 39.6 Å². The number of hydrogen-bond donors (Lipinski definition) is 0. The van der Waals surface area contributed by atoms with Crippen molar-refractivity contribution in [3.63, 3.8) is 0 Å². The van der Waals surface area contributed by atoms with Gasteiger partial charge in [0.05, 0.1) is 12.6 Å². The van der Waals surface area contributed by atoms with Gasteiger partial charge in [0.15, 0.2) is 16.9 Å². The van der Waals surface area contributed by atoms with Crippen LogP contribution in [0.25, 0.3) is 94.1 Å². The third-order valence-electron chi connectivity index (χ3n) is 11.5. The summed E-state index contributed by atoms with van der Waals surface area (Å²) in [6.45, 7) is 4.07. The smallest absolute Gasteiger partial charge is 0.295 e. The Morgan fingerprint density at radius 3 is 2.03 bits per heavy atom. The van der Waals surface area contributed by atoms with Gasteiger partial charge >= 0.3 is 0 Å². The molecule has 0 N–H and O–H groups in total. The van der Waals surface area contributed by atoms with Crippen LogP contribution in [0.15, 0.2) is 126 Å². The van der Waals surface area contributed by atoms with Gasteiger partial charge in [-0.1, -0.05) is 107 Å². The molecule has 6 nitrogen and oxygen atoms in total. The molecule has 0 bridgehead atoms. The lowest BCUT2D eigenvalue weighted by atomic mass is 9.87. The zero-order valence-electron chi connectivity index (χ0n) is 41.2. The van der Waals surface area contributed by atoms with Crippen LogP contribution in [0.5, 0.6) is 0 Å². The molecule has 3 heterocycles. The van der Waals surface area contributed by atoms with Crippen LogP contribution >= 0.6 is 0 Å². The molecule has 3 aromatic heterocycles. The molecule has 0 aliphatic rings. The summed E-state index contributed by atoms with van der Waals surface area (Å²) in [5.74, 6) is -2.72. The predicted octanol–water partition coefficient (Wildman–Crippen LogP) is 13.0. The molecule has 0 amide bonds. The fraction of sp³-hybridized carbons (Fsp3) is 0.192. The molecule has 0 aliphatic heterocycles. The van der Waals surface area contributed by atoms with Crippen molar-refractivity contribution < 1.29 is 20.0 Å². The van der Waals surface area contributed by atoms with E-state index in [1.165, 1.54) is 0 Å². The summed E-state index contributed by atoms with van der Waals surface area (Å²) in [6, 6.07) is 40.5. The van der Waals surface area contributed by atoms with Crippen molar-refractivity contribution in [1.82, 2.24) is 19.5 Å². The first kappa shape index (κ1) is 27.9. The molecule has 6 heteroatoms. The summed E-state index contributed by atoms with van der Waals surface area (Å²) in [7, 11) is 2.07. The van der Waals surface area contributed by atoms with Gasteiger partial charge in [0, 0.05) is 43.8 Å². The monoisotopic (exact) mass is 764 g/mol. The third-order valence-corrected chi connectivity index (χ3v) is 11.5. The highest BCUT2D eigenvalue weighted by atomic mass is 16.3. The molecule has 58 heavy (non-hydrogen) atoms. The van der Waals surface area contributed by atoms with Crippen LogP contribution in [-0.2, 0) is 7.05 Å². The van der Waals surface area contributed by atoms with Crippen molar-refractivity contribution in [3.05, 3.63) is 150 Å². The lowest BCUT2D eigenvalue weighted by Gasteiger charge is -2.21. The summed E-state index contributed by atoms with van der Waals surface area (Å²) in [6.07, 6.45) is 0. The number of para-hydroxylation sites is 2. The molecule has 0 atom stereocenters. The molecular formula is C52H46N5O+. The summed E-state index contributed by atoms with van der Waals surface area (Å²) in [5.41, 5.74) is 9.53. The van der Waals surface area contributed by atoms with Crippen LogP contribution in [0.1, 0.15) is 78.8 Å². The number of imidazole rings is 1. The SMILES string of the molecule is [2H]C([2H])([2H])c1nc(-c2ccc(-c3cc(C([2H])(C)C)c(-n4c(-c5c(C)ccc6oc7c8ccc9ccccc9c8ccc7c56)[n+](C)c5ccccc54)c(C([2H])(C)C)c3)cc2)nc(C([2H])([2H])[2H])n1. The second kappa shape index (κ2) is 13.5. The first-order valence-corrected chi connectivity index (χ1v) is 19.4. The van der Waals surface area contributed by atoms with Gasteiger partial charge in [-0.2, -0.15) is 4.57 Å². The number of nitrogens with zero attached hydrogens (tertiary/aromatic N) is 5. The van der Waals surface area contributed by atoms with Crippen LogP contribution in [0.2, 0.25) is 0 Å². The average molecular weight is 765 g/mol. The van der Waals surface area contributed by atoms with Crippen molar-refractivity contribution in [2.45, 2.75) is 60.1 Å². The number of hydrogen-bond acceptors (Lipinski definition) is 4. The fourth-order valence-electron chi connectivity index (χ4n) is 8.75. The van der Waals surface area contributed by atoms with E-state index in [1.54, 1.807) is 12.1 Å². The highest BCUT2D eigenvalue weighted by molar-refractivity contribution is 6.23. The highest BCUT2D eigenvalue weighted by Gasteiger charge is 2.34. The molecule has 10 aromatic rings. The first-order valence-electron chi connectivity index (χ1n) is 23.4. The summed E-state index contributed by atoms with van der Waals surface area (Å²) in [4.78, 5) is 12.1. The molecule has 0 aliphatic carbocycles. The van der Waals surface area contributed by atoms with Gasteiger partial charge in [-0.05, 0) is 108 Å². The van der Waals surface area contributed by atoms with Crippen LogP contribution in [0.4, 0.5) is 0 Å². The van der Waals surface area contributed by atoms with Gasteiger partial charge in [-0.15, -0.1) is 0 Å². The van der Waals surface area contributed by atoms with E-state index in [2.05, 4.69) is 105 Å². The van der Waals surface area contributed by atoms with Gasteiger partial charge in [0.25, 0.3) is 5.82 Å². The topological polar surface area (TPSA) is 60.6 Å². The molecule has 0 unspecified atom stereocenters. The standard InChI is InChI=1S/C52H46N5O/c1-29(2)42-27-37(34-18-20-36(21-19-34)51-54-32(6)53-33(7)55-51)28-43(30(3)4)49(42)57-45-16-12-11-15-44(45)56(8)52(57)47-31(5)17-26-46-48(47)41-25-24-39-38-14-10-9-13-35(38)22-23-40(39)50(41)58-46/h9-30H,1-8H3/q+1/i6D3,7D3,29D,30D. The van der Waals surface area contributed by atoms with E-state index < -0.39 is 37.1 Å². The molecule has 0 saturated heterocycles. The molecular weight excluding hydrogens is 711 g/mol. The normalized spacial score (nSPS) is 14.9. The third kappa shape index (κ3) is 5.53. The summed E-state index contributed by atoms with van der Waals surface area (Å²) in [5, 5.41) is 6.44. The van der Waals surface area contributed by atoms with Gasteiger partial charge in [0.1, 0.15) is 28.5 Å². The number of aryl methyl sites for hydroxylation is 4. The maximum Gasteiger partial charge on any atom is 0.295 e. The Morgan fingerprint density at radius 1 is 0.655 bits per heavy atom. The largest absolute Gasteiger partial charge is 0.455 e. The van der Waals surface area contributed by atoms with Crippen LogP contribution < -0.4 is 4.57 Å². The van der Waals surface area contributed by atoms with Crippen LogP contribution in [0.3, 0.4) is 0 Å². The summed E-state index contributed by atoms with van der Waals surface area (Å²) >= 11 is 0. The van der Waals surface area contributed by atoms with E-state index in [0.29, 0.717) is 16.7 Å². The zero-order chi connectivity index (χ0) is 46.8. The van der Waals surface area contributed by atoms with E-state index in [9.17, 15) is 2.74 Å². The lowest BCUT2D eigenvalue weighted by Crippen LogP contribution is -2.30. The number of fused-ring (bicyclic) bond motifs is 8. The Balaban J connectivity index is 1.22. The van der Waals surface area contributed by atoms with Crippen LogP contribution in [-0.4, -0.2) is 19.5 Å². The molecule has 0 saturated carbocycles. The molecule has 0 spiro atoms. The Hall–Kier alpha value is -6.66. The molecule has 284 valence electrons. The first-order chi connectivity index (χ1) is 31.1. The quantitative estimate of drug-likeness (QED) is 0.125. The summed E-state index contributed by atoms with van der Waals surface area (Å²) < 4.78 is 78.2. The van der Waals surface area contributed by atoms with E-state index in [1.807, 2.05) is 70.2 Å². The molecule has 7 aromatic carbocycles. The maximum atomic E-state index is 9.78. The number of furan rings is 1. The van der Waals surface area contributed by atoms with E-state index in [0.717, 1.165) is 88.3 Å². The van der Waals surface area contributed by atoms with Crippen LogP contribution in [0, 0.1) is 20.6 Å². The number of aromatic nitrogens is 5. The zero-order valence-corrected chi connectivity index (χ0v) is 33.2. The van der Waals surface area contributed by atoms with Gasteiger partial charge in [-0.3, -0.25) is 0 Å². The van der Waals surface area contributed by atoms with Crippen molar-refractivity contribution in [2.75, 3.05) is 0 Å². The number of rotatable bonds is 6. The minimum atomic E-state index is -2.75. The maximum absolute atomic E-state index is 9.78. The predicted molar refractivity (Wildman–Crippen MR) is 239 cm³/mol. The second-order valence-electron chi connectivity index (χ2n) is 15.6. The van der Waals surface area contributed by atoms with E-state index in [4.69, 9.17) is 12.6 Å². The molecule has 0 fully saturated rings. The second-order valence-corrected chi connectivity index (χ2v) is 15.6. The van der Waals surface area contributed by atoms with E-state index in [-0.39, 0.29) is 5.82 Å². The average Bonchev–Trinajstić information content (AvgIpc) is 3.79. The van der Waals surface area contributed by atoms with Crippen molar-refractivity contribution in [1.29, 1.82) is 0 Å². The minimum absolute atomic E-state index is 0.0672.